The smallest absolute Gasteiger partial charge is 0.252 e. The van der Waals surface area contributed by atoms with Gasteiger partial charge in [-0.3, -0.25) is 14.5 Å². The van der Waals surface area contributed by atoms with E-state index in [9.17, 15) is 14.7 Å². The Morgan fingerprint density at radius 1 is 1.15 bits per heavy atom. The fourth-order valence-electron chi connectivity index (χ4n) is 4.04. The van der Waals surface area contributed by atoms with Crippen LogP contribution in [-0.2, 0) is 11.3 Å². The van der Waals surface area contributed by atoms with E-state index in [-0.39, 0.29) is 31.0 Å². The van der Waals surface area contributed by atoms with Crippen LogP contribution in [0.5, 0.6) is 5.75 Å². The Kier molecular flexibility index (Phi) is 11.7. The lowest BCUT2D eigenvalue weighted by Crippen LogP contribution is -2.40. The molecule has 0 fully saturated rings. The van der Waals surface area contributed by atoms with Crippen molar-refractivity contribution in [2.24, 2.45) is 11.8 Å². The number of amides is 2. The van der Waals surface area contributed by atoms with Gasteiger partial charge in [-0.1, -0.05) is 33.8 Å². The van der Waals surface area contributed by atoms with Crippen LogP contribution < -0.4 is 15.4 Å². The molecule has 0 saturated heterocycles. The van der Waals surface area contributed by atoms with Crippen LogP contribution in [0.25, 0.3) is 0 Å². The summed E-state index contributed by atoms with van der Waals surface area (Å²) < 4.78 is 6.13. The third kappa shape index (κ3) is 9.72. The maximum Gasteiger partial charge on any atom is 0.252 e. The highest BCUT2D eigenvalue weighted by Gasteiger charge is 2.22. The van der Waals surface area contributed by atoms with E-state index in [4.69, 9.17) is 4.74 Å². The maximum atomic E-state index is 13.3. The lowest BCUT2D eigenvalue weighted by Gasteiger charge is -2.26. The van der Waals surface area contributed by atoms with E-state index in [0.717, 1.165) is 37.8 Å². The number of aliphatic hydroxyl groups is 1. The largest absolute Gasteiger partial charge is 0.493 e. The Hall–Kier alpha value is -2.12. The number of hydrogen-bond donors (Lipinski definition) is 3. The Balaban J connectivity index is 2.35. The highest BCUT2D eigenvalue weighted by molar-refractivity contribution is 5.96. The predicted octanol–water partition coefficient (Wildman–Crippen LogP) is 3.35. The SMILES string of the molecule is CC(C)CCN1CC(=O)NCCCCCOc2cccc(C(=O)N[C@H](CO)CC(C)C)c2C1. The Morgan fingerprint density at radius 2 is 1.94 bits per heavy atom. The summed E-state index contributed by atoms with van der Waals surface area (Å²) in [5.74, 6) is 1.36. The summed E-state index contributed by atoms with van der Waals surface area (Å²) in [5.41, 5.74) is 1.34. The highest BCUT2D eigenvalue weighted by atomic mass is 16.5. The summed E-state index contributed by atoms with van der Waals surface area (Å²) in [4.78, 5) is 27.9. The monoisotopic (exact) mass is 461 g/mol. The molecule has 186 valence electrons. The standard InChI is InChI=1S/C26H43N3O4/c1-19(2)11-13-29-16-23-22(26(32)28-21(18-30)15-20(3)4)9-8-10-24(23)33-14-7-5-6-12-27-25(31)17-29/h8-10,19-21,30H,5-7,11-18H2,1-4H3,(H,27,31)(H,28,32)/t21-/m0/s1. The van der Waals surface area contributed by atoms with Crippen molar-refractivity contribution in [1.29, 1.82) is 0 Å². The average molecular weight is 462 g/mol. The molecule has 33 heavy (non-hydrogen) atoms. The molecule has 7 heteroatoms. The topological polar surface area (TPSA) is 90.9 Å². The van der Waals surface area contributed by atoms with E-state index in [2.05, 4.69) is 43.2 Å². The van der Waals surface area contributed by atoms with Crippen molar-refractivity contribution in [3.05, 3.63) is 29.3 Å². The zero-order chi connectivity index (χ0) is 24.2. The molecule has 1 atom stereocenters. The minimum absolute atomic E-state index is 0.0136. The minimum atomic E-state index is -0.299. The summed E-state index contributed by atoms with van der Waals surface area (Å²) in [5, 5.41) is 15.8. The van der Waals surface area contributed by atoms with Crippen molar-refractivity contribution in [1.82, 2.24) is 15.5 Å². The first-order valence-corrected chi connectivity index (χ1v) is 12.5. The third-order valence-electron chi connectivity index (χ3n) is 5.86. The van der Waals surface area contributed by atoms with E-state index in [1.165, 1.54) is 0 Å². The maximum absolute atomic E-state index is 13.3. The number of carbonyl (C=O) groups excluding carboxylic acids is 2. The third-order valence-corrected chi connectivity index (χ3v) is 5.86. The first-order valence-electron chi connectivity index (χ1n) is 12.5. The van der Waals surface area contributed by atoms with Crippen molar-refractivity contribution in [2.75, 3.05) is 32.8 Å². The van der Waals surface area contributed by atoms with Crippen LogP contribution in [0.3, 0.4) is 0 Å². The zero-order valence-corrected chi connectivity index (χ0v) is 20.9. The van der Waals surface area contributed by atoms with Crippen LogP contribution in [0.15, 0.2) is 18.2 Å². The molecule has 2 amide bonds. The number of nitrogens with one attached hydrogen (secondary N) is 2. The molecule has 2 rings (SSSR count). The lowest BCUT2D eigenvalue weighted by molar-refractivity contribution is -0.122. The summed E-state index contributed by atoms with van der Waals surface area (Å²) in [6, 6.07) is 5.25. The van der Waals surface area contributed by atoms with Gasteiger partial charge in [0.05, 0.1) is 25.8 Å². The summed E-state index contributed by atoms with van der Waals surface area (Å²) in [6.45, 7) is 11.1. The molecule has 7 nitrogen and oxygen atoms in total. The molecule has 1 heterocycles. The van der Waals surface area contributed by atoms with Gasteiger partial charge in [-0.05, 0) is 62.6 Å². The highest BCUT2D eigenvalue weighted by Crippen LogP contribution is 2.26. The van der Waals surface area contributed by atoms with Gasteiger partial charge in [-0.25, -0.2) is 0 Å². The van der Waals surface area contributed by atoms with Crippen LogP contribution in [0.1, 0.15) is 75.7 Å². The average Bonchev–Trinajstić information content (AvgIpc) is 2.77. The van der Waals surface area contributed by atoms with Gasteiger partial charge in [0.2, 0.25) is 5.91 Å². The molecule has 1 aliphatic rings. The van der Waals surface area contributed by atoms with Gasteiger partial charge >= 0.3 is 0 Å². The lowest BCUT2D eigenvalue weighted by atomic mass is 10.0. The Morgan fingerprint density at radius 3 is 2.64 bits per heavy atom. The molecule has 0 bridgehead atoms. The Bertz CT molecular complexity index is 751. The molecule has 0 spiro atoms. The number of nitrogens with zero attached hydrogens (tertiary/aromatic N) is 1. The summed E-state index contributed by atoms with van der Waals surface area (Å²) in [7, 11) is 0. The fraction of sp³-hybridized carbons (Fsp3) is 0.692. The van der Waals surface area contributed by atoms with Crippen molar-refractivity contribution in [3.63, 3.8) is 0 Å². The summed E-state index contributed by atoms with van der Waals surface area (Å²) >= 11 is 0. The molecule has 1 aromatic carbocycles. The van der Waals surface area contributed by atoms with Crippen molar-refractivity contribution in [3.8, 4) is 5.75 Å². The van der Waals surface area contributed by atoms with Gasteiger partial charge in [0.15, 0.2) is 0 Å². The van der Waals surface area contributed by atoms with E-state index >= 15 is 0 Å². The predicted molar refractivity (Wildman–Crippen MR) is 131 cm³/mol. The molecule has 0 aliphatic carbocycles. The second-order valence-electron chi connectivity index (χ2n) is 9.92. The second kappa shape index (κ2) is 14.2. The summed E-state index contributed by atoms with van der Waals surface area (Å²) in [6.07, 6.45) is 4.45. The molecule has 0 aromatic heterocycles. The van der Waals surface area contributed by atoms with Gasteiger partial charge < -0.3 is 20.5 Å². The van der Waals surface area contributed by atoms with E-state index in [0.29, 0.717) is 49.3 Å². The zero-order valence-electron chi connectivity index (χ0n) is 20.9. The minimum Gasteiger partial charge on any atom is -0.493 e. The van der Waals surface area contributed by atoms with Crippen molar-refractivity contribution in [2.45, 2.75) is 72.4 Å². The Labute approximate surface area is 199 Å². The van der Waals surface area contributed by atoms with E-state index in [1.807, 2.05) is 12.1 Å². The number of carbonyl (C=O) groups is 2. The van der Waals surface area contributed by atoms with Crippen molar-refractivity contribution < 1.29 is 19.4 Å². The molecule has 1 aliphatic heterocycles. The molecular weight excluding hydrogens is 418 g/mol. The first kappa shape index (κ1) is 27.1. The molecule has 3 N–H and O–H groups in total. The molecule has 0 unspecified atom stereocenters. The first-order chi connectivity index (χ1) is 15.8. The number of hydrogen-bond acceptors (Lipinski definition) is 5. The number of benzene rings is 1. The number of aliphatic hydroxyl groups excluding tert-OH is 1. The van der Waals surface area contributed by atoms with E-state index in [1.54, 1.807) is 6.07 Å². The van der Waals surface area contributed by atoms with Gasteiger partial charge in [0, 0.05) is 24.2 Å². The van der Waals surface area contributed by atoms with Crippen LogP contribution in [0, 0.1) is 11.8 Å². The van der Waals surface area contributed by atoms with Crippen LogP contribution in [0.2, 0.25) is 0 Å². The van der Waals surface area contributed by atoms with Crippen LogP contribution >= 0.6 is 0 Å². The van der Waals surface area contributed by atoms with Gasteiger partial charge in [-0.2, -0.15) is 0 Å². The van der Waals surface area contributed by atoms with E-state index < -0.39 is 0 Å². The fourth-order valence-corrected chi connectivity index (χ4v) is 4.04. The second-order valence-corrected chi connectivity index (χ2v) is 9.92. The van der Waals surface area contributed by atoms with Gasteiger partial charge in [0.25, 0.3) is 5.91 Å². The molecule has 0 saturated carbocycles. The normalized spacial score (nSPS) is 17.2. The number of fused-ring (bicyclic) bond motifs is 1. The van der Waals surface area contributed by atoms with Gasteiger partial charge in [-0.15, -0.1) is 0 Å². The van der Waals surface area contributed by atoms with Crippen molar-refractivity contribution >= 4 is 11.8 Å². The number of rotatable bonds is 8. The molecule has 1 aromatic rings. The molecular formula is C26H43N3O4. The quantitative estimate of drug-likeness (QED) is 0.552. The number of ether oxygens (including phenoxy) is 1. The van der Waals surface area contributed by atoms with Gasteiger partial charge in [0.1, 0.15) is 5.75 Å². The molecule has 0 radical (unpaired) electrons. The van der Waals surface area contributed by atoms with Crippen LogP contribution in [-0.4, -0.2) is 60.7 Å². The van der Waals surface area contributed by atoms with Crippen LogP contribution in [0.4, 0.5) is 0 Å².